The summed E-state index contributed by atoms with van der Waals surface area (Å²) in [6.45, 7) is 6.05. The zero-order valence-corrected chi connectivity index (χ0v) is 10.6. The van der Waals surface area contributed by atoms with Crippen LogP contribution in [-0.4, -0.2) is 54.0 Å². The van der Waals surface area contributed by atoms with E-state index in [9.17, 15) is 14.3 Å². The number of carbonyl (C=O) groups is 1. The van der Waals surface area contributed by atoms with Crippen molar-refractivity contribution in [2.75, 3.05) is 26.2 Å². The lowest BCUT2D eigenvalue weighted by Gasteiger charge is -2.38. The van der Waals surface area contributed by atoms with Crippen LogP contribution in [0.5, 0.6) is 0 Å². The Morgan fingerprint density at radius 1 is 1.47 bits per heavy atom. The van der Waals surface area contributed by atoms with Gasteiger partial charge in [-0.2, -0.15) is 0 Å². The van der Waals surface area contributed by atoms with Crippen LogP contribution in [0.1, 0.15) is 33.1 Å². The van der Waals surface area contributed by atoms with E-state index in [1.54, 1.807) is 6.92 Å². The molecule has 1 N–H and O–H groups in total. The molecule has 1 saturated heterocycles. The lowest BCUT2D eigenvalue weighted by molar-refractivity contribution is -0.164. The van der Waals surface area contributed by atoms with Crippen LogP contribution in [0.3, 0.4) is 0 Å². The van der Waals surface area contributed by atoms with Gasteiger partial charge in [0.2, 0.25) is 6.17 Å². The van der Waals surface area contributed by atoms with Crippen LogP contribution in [-0.2, 0) is 9.53 Å². The van der Waals surface area contributed by atoms with Crippen molar-refractivity contribution >= 4 is 5.97 Å². The van der Waals surface area contributed by atoms with Crippen LogP contribution in [0.15, 0.2) is 0 Å². The minimum absolute atomic E-state index is 0.136. The van der Waals surface area contributed by atoms with Crippen molar-refractivity contribution in [2.24, 2.45) is 0 Å². The molecule has 0 aromatic carbocycles. The van der Waals surface area contributed by atoms with Gasteiger partial charge in [0.25, 0.3) is 0 Å². The number of halogens is 1. The highest BCUT2D eigenvalue weighted by atomic mass is 19.1. The number of alkyl halides is 1. The summed E-state index contributed by atoms with van der Waals surface area (Å²) in [5.74, 6) is -0.945. The Labute approximate surface area is 102 Å². The van der Waals surface area contributed by atoms with Crippen molar-refractivity contribution in [3.05, 3.63) is 0 Å². The molecule has 1 unspecified atom stereocenters. The second-order valence-corrected chi connectivity index (χ2v) is 4.56. The first kappa shape index (κ1) is 14.4. The number of carbonyl (C=O) groups excluding carboxylic acids is 1. The summed E-state index contributed by atoms with van der Waals surface area (Å²) in [6, 6.07) is 0. The number of rotatable bonds is 5. The Morgan fingerprint density at radius 3 is 2.53 bits per heavy atom. The number of hydrogen-bond acceptors (Lipinski definition) is 4. The van der Waals surface area contributed by atoms with Gasteiger partial charge in [0.1, 0.15) is 5.60 Å². The van der Waals surface area contributed by atoms with Crippen molar-refractivity contribution in [1.82, 2.24) is 4.90 Å². The molecule has 1 atom stereocenters. The highest BCUT2D eigenvalue weighted by Gasteiger charge is 2.44. The summed E-state index contributed by atoms with van der Waals surface area (Å²) < 4.78 is 18.4. The summed E-state index contributed by atoms with van der Waals surface area (Å²) in [4.78, 5) is 13.5. The van der Waals surface area contributed by atoms with Crippen LogP contribution >= 0.6 is 0 Å². The predicted molar refractivity (Wildman–Crippen MR) is 62.4 cm³/mol. The number of nitrogens with zero attached hydrogens (tertiary/aromatic N) is 1. The molecule has 1 aliphatic heterocycles. The number of likely N-dealkylation sites (tertiary alicyclic amines) is 1. The SMILES string of the molecule is CCCN1CCC(O)(C(F)C(=O)OCC)CC1. The first-order valence-electron chi connectivity index (χ1n) is 6.29. The lowest BCUT2D eigenvalue weighted by atomic mass is 9.86. The van der Waals surface area contributed by atoms with E-state index in [0.29, 0.717) is 13.1 Å². The molecule has 0 saturated carbocycles. The third-order valence-corrected chi connectivity index (χ3v) is 3.23. The fraction of sp³-hybridized carbons (Fsp3) is 0.917. The van der Waals surface area contributed by atoms with Gasteiger partial charge in [-0.05, 0) is 32.7 Å². The maximum absolute atomic E-state index is 13.8. The lowest BCUT2D eigenvalue weighted by Crippen LogP contribution is -2.52. The first-order valence-corrected chi connectivity index (χ1v) is 6.29. The Kier molecular flexibility index (Phi) is 5.33. The molecule has 0 aliphatic carbocycles. The topological polar surface area (TPSA) is 49.8 Å². The first-order chi connectivity index (χ1) is 8.03. The van der Waals surface area contributed by atoms with Gasteiger partial charge < -0.3 is 14.7 Å². The van der Waals surface area contributed by atoms with Crippen LogP contribution in [0, 0.1) is 0 Å². The fourth-order valence-electron chi connectivity index (χ4n) is 2.17. The van der Waals surface area contributed by atoms with Gasteiger partial charge in [-0.3, -0.25) is 0 Å². The number of aliphatic hydroxyl groups is 1. The van der Waals surface area contributed by atoms with Crippen molar-refractivity contribution < 1.29 is 19.0 Å². The molecule has 0 aromatic heterocycles. The van der Waals surface area contributed by atoms with Gasteiger partial charge >= 0.3 is 5.97 Å². The molecule has 0 aromatic rings. The highest BCUT2D eigenvalue weighted by molar-refractivity contribution is 5.76. The van der Waals surface area contributed by atoms with Crippen molar-refractivity contribution in [2.45, 2.75) is 44.9 Å². The molecular weight excluding hydrogens is 225 g/mol. The highest BCUT2D eigenvalue weighted by Crippen LogP contribution is 2.28. The molecule has 0 bridgehead atoms. The van der Waals surface area contributed by atoms with Crippen LogP contribution in [0.4, 0.5) is 4.39 Å². The molecule has 0 spiro atoms. The van der Waals surface area contributed by atoms with Crippen molar-refractivity contribution in [3.63, 3.8) is 0 Å². The number of esters is 1. The largest absolute Gasteiger partial charge is 0.464 e. The molecule has 100 valence electrons. The van der Waals surface area contributed by atoms with Gasteiger partial charge in [-0.25, -0.2) is 9.18 Å². The van der Waals surface area contributed by atoms with E-state index in [0.717, 1.165) is 13.0 Å². The van der Waals surface area contributed by atoms with E-state index in [4.69, 9.17) is 0 Å². The fourth-order valence-corrected chi connectivity index (χ4v) is 2.17. The quantitative estimate of drug-likeness (QED) is 0.740. The van der Waals surface area contributed by atoms with E-state index in [2.05, 4.69) is 16.6 Å². The summed E-state index contributed by atoms with van der Waals surface area (Å²) in [7, 11) is 0. The third kappa shape index (κ3) is 3.64. The van der Waals surface area contributed by atoms with Crippen molar-refractivity contribution in [3.8, 4) is 0 Å². The van der Waals surface area contributed by atoms with E-state index in [1.807, 2.05) is 0 Å². The van der Waals surface area contributed by atoms with E-state index in [1.165, 1.54) is 0 Å². The molecule has 0 radical (unpaired) electrons. The van der Waals surface area contributed by atoms with Crippen molar-refractivity contribution in [1.29, 1.82) is 0 Å². The zero-order chi connectivity index (χ0) is 12.9. The number of piperidine rings is 1. The monoisotopic (exact) mass is 247 g/mol. The molecule has 0 amide bonds. The Balaban J connectivity index is 2.50. The number of hydrogen-bond donors (Lipinski definition) is 1. The molecule has 17 heavy (non-hydrogen) atoms. The molecule has 1 heterocycles. The average Bonchev–Trinajstić information content (AvgIpc) is 2.32. The van der Waals surface area contributed by atoms with Gasteiger partial charge in [-0.1, -0.05) is 6.92 Å². The molecule has 5 heteroatoms. The van der Waals surface area contributed by atoms with E-state index in [-0.39, 0.29) is 19.4 Å². The maximum Gasteiger partial charge on any atom is 0.343 e. The summed E-state index contributed by atoms with van der Waals surface area (Å²) in [6.07, 6.45) is -0.318. The van der Waals surface area contributed by atoms with Gasteiger partial charge in [0.15, 0.2) is 0 Å². The molecule has 1 rings (SSSR count). The Hall–Kier alpha value is -0.680. The summed E-state index contributed by atoms with van der Waals surface area (Å²) in [5, 5.41) is 10.1. The molecule has 1 aliphatic rings. The average molecular weight is 247 g/mol. The van der Waals surface area contributed by atoms with Crippen LogP contribution in [0.2, 0.25) is 0 Å². The zero-order valence-electron chi connectivity index (χ0n) is 10.6. The van der Waals surface area contributed by atoms with Gasteiger partial charge in [-0.15, -0.1) is 0 Å². The molecule has 4 nitrogen and oxygen atoms in total. The minimum Gasteiger partial charge on any atom is -0.464 e. The smallest absolute Gasteiger partial charge is 0.343 e. The third-order valence-electron chi connectivity index (χ3n) is 3.23. The van der Waals surface area contributed by atoms with Crippen LogP contribution < -0.4 is 0 Å². The van der Waals surface area contributed by atoms with Crippen LogP contribution in [0.25, 0.3) is 0 Å². The molecular formula is C12H22FNO3. The Bertz CT molecular complexity index is 252. The normalized spacial score (nSPS) is 22.1. The van der Waals surface area contributed by atoms with E-state index < -0.39 is 17.7 Å². The molecule has 1 fully saturated rings. The second kappa shape index (κ2) is 6.31. The second-order valence-electron chi connectivity index (χ2n) is 4.56. The van der Waals surface area contributed by atoms with Gasteiger partial charge in [0, 0.05) is 13.1 Å². The number of ether oxygens (including phenoxy) is 1. The summed E-state index contributed by atoms with van der Waals surface area (Å²) in [5.41, 5.74) is -1.55. The standard InChI is InChI=1S/C12H22FNO3/c1-3-7-14-8-5-12(16,6-9-14)10(13)11(15)17-4-2/h10,16H,3-9H2,1-2H3. The summed E-state index contributed by atoms with van der Waals surface area (Å²) >= 11 is 0. The predicted octanol–water partition coefficient (Wildman–Crippen LogP) is 1.12. The maximum atomic E-state index is 13.8. The minimum atomic E-state index is -1.92. The Morgan fingerprint density at radius 2 is 2.06 bits per heavy atom. The van der Waals surface area contributed by atoms with E-state index >= 15 is 0 Å². The van der Waals surface area contributed by atoms with Gasteiger partial charge in [0.05, 0.1) is 6.61 Å².